The van der Waals surface area contributed by atoms with Crippen LogP contribution in [0.2, 0.25) is 0 Å². The Bertz CT molecular complexity index is 753. The summed E-state index contributed by atoms with van der Waals surface area (Å²) in [6.45, 7) is 6.81. The third-order valence-electron chi connectivity index (χ3n) is 6.45. The molecule has 0 radical (unpaired) electrons. The predicted molar refractivity (Wildman–Crippen MR) is 103 cm³/mol. The predicted octanol–water partition coefficient (Wildman–Crippen LogP) is 4.19. The van der Waals surface area contributed by atoms with Gasteiger partial charge in [0, 0.05) is 6.42 Å². The van der Waals surface area contributed by atoms with E-state index < -0.39 is 0 Å². The van der Waals surface area contributed by atoms with Crippen molar-refractivity contribution in [1.29, 1.82) is 0 Å². The van der Waals surface area contributed by atoms with E-state index >= 15 is 0 Å². The van der Waals surface area contributed by atoms with Gasteiger partial charge in [-0.2, -0.15) is 0 Å². The summed E-state index contributed by atoms with van der Waals surface area (Å²) in [6.07, 6.45) is 4.98. The molecule has 148 valence electrons. The van der Waals surface area contributed by atoms with Crippen LogP contribution >= 0.6 is 0 Å². The molecule has 5 heteroatoms. The van der Waals surface area contributed by atoms with E-state index in [4.69, 9.17) is 14.2 Å². The quantitative estimate of drug-likeness (QED) is 0.797. The Labute approximate surface area is 162 Å². The molecule has 2 aliphatic heterocycles. The molecule has 4 rings (SSSR count). The van der Waals surface area contributed by atoms with Gasteiger partial charge in [-0.05, 0) is 62.8 Å². The number of nitrogens with zero attached hydrogens (tertiary/aromatic N) is 1. The van der Waals surface area contributed by atoms with Crippen LogP contribution in [0.4, 0.5) is 0 Å². The Morgan fingerprint density at radius 1 is 1.11 bits per heavy atom. The van der Waals surface area contributed by atoms with Gasteiger partial charge in [0.15, 0.2) is 11.5 Å². The lowest BCUT2D eigenvalue weighted by molar-refractivity contribution is -0.142. The minimum atomic E-state index is -0.297. The van der Waals surface area contributed by atoms with Gasteiger partial charge in [0.05, 0.1) is 31.9 Å². The largest absolute Gasteiger partial charge is 0.493 e. The number of benzene rings is 1. The van der Waals surface area contributed by atoms with Crippen molar-refractivity contribution in [3.05, 3.63) is 23.3 Å². The highest BCUT2D eigenvalue weighted by Gasteiger charge is 2.58. The summed E-state index contributed by atoms with van der Waals surface area (Å²) in [7, 11) is 3.34. The molecule has 1 amide bonds. The molecule has 1 saturated carbocycles. The Morgan fingerprint density at radius 2 is 1.81 bits per heavy atom. The molecule has 1 spiro atoms. The first-order chi connectivity index (χ1) is 12.8. The van der Waals surface area contributed by atoms with Gasteiger partial charge in [-0.15, -0.1) is 0 Å². The highest BCUT2D eigenvalue weighted by atomic mass is 16.5. The first-order valence-corrected chi connectivity index (χ1v) is 10.0. The lowest BCUT2D eigenvalue weighted by atomic mass is 9.66. The highest BCUT2D eigenvalue weighted by molar-refractivity contribution is 5.82. The molecular formula is C22H31NO4. The van der Waals surface area contributed by atoms with Crippen LogP contribution in [0, 0.1) is 5.92 Å². The van der Waals surface area contributed by atoms with Crippen molar-refractivity contribution in [3.8, 4) is 11.5 Å². The number of amides is 1. The maximum atomic E-state index is 13.0. The van der Waals surface area contributed by atoms with E-state index in [-0.39, 0.29) is 23.2 Å². The molecule has 1 aromatic rings. The first kappa shape index (κ1) is 18.6. The molecule has 0 unspecified atom stereocenters. The Kier molecular flexibility index (Phi) is 4.41. The topological polar surface area (TPSA) is 48.0 Å². The van der Waals surface area contributed by atoms with Crippen molar-refractivity contribution in [3.63, 3.8) is 0 Å². The summed E-state index contributed by atoms with van der Waals surface area (Å²) in [5.74, 6) is 2.10. The Morgan fingerprint density at radius 3 is 2.48 bits per heavy atom. The van der Waals surface area contributed by atoms with E-state index in [0.717, 1.165) is 36.3 Å². The number of hydrogen-bond donors (Lipinski definition) is 0. The van der Waals surface area contributed by atoms with Gasteiger partial charge in [0.1, 0.15) is 6.10 Å². The third-order valence-corrected chi connectivity index (χ3v) is 6.45. The lowest BCUT2D eigenvalue weighted by Crippen LogP contribution is -2.54. The van der Waals surface area contributed by atoms with E-state index in [9.17, 15) is 4.79 Å². The number of carbonyl (C=O) groups excluding carboxylic acids is 1. The molecule has 1 saturated heterocycles. The molecular weight excluding hydrogens is 342 g/mol. The lowest BCUT2D eigenvalue weighted by Gasteiger charge is -2.52. The van der Waals surface area contributed by atoms with Gasteiger partial charge in [-0.1, -0.05) is 12.8 Å². The number of ether oxygens (including phenoxy) is 3. The normalized spacial score (nSPS) is 29.8. The monoisotopic (exact) mass is 373 g/mol. The van der Waals surface area contributed by atoms with E-state index in [1.807, 2.05) is 0 Å². The van der Waals surface area contributed by atoms with Crippen LogP contribution < -0.4 is 9.47 Å². The van der Waals surface area contributed by atoms with Crippen LogP contribution in [0.25, 0.3) is 0 Å². The minimum absolute atomic E-state index is 0.157. The smallest absolute Gasteiger partial charge is 0.223 e. The van der Waals surface area contributed by atoms with Crippen molar-refractivity contribution in [2.75, 3.05) is 20.8 Å². The third kappa shape index (κ3) is 2.82. The van der Waals surface area contributed by atoms with Crippen molar-refractivity contribution in [1.82, 2.24) is 4.90 Å². The zero-order valence-corrected chi connectivity index (χ0v) is 17.1. The summed E-state index contributed by atoms with van der Waals surface area (Å²) in [4.78, 5) is 15.1. The summed E-state index contributed by atoms with van der Waals surface area (Å²) in [5.41, 5.74) is 1.85. The van der Waals surface area contributed by atoms with Gasteiger partial charge in [-0.25, -0.2) is 0 Å². The van der Waals surface area contributed by atoms with E-state index in [2.05, 4.69) is 37.8 Å². The fourth-order valence-electron chi connectivity index (χ4n) is 5.49. The van der Waals surface area contributed by atoms with Crippen molar-refractivity contribution < 1.29 is 19.0 Å². The number of rotatable bonds is 3. The van der Waals surface area contributed by atoms with Gasteiger partial charge in [0.2, 0.25) is 5.91 Å². The van der Waals surface area contributed by atoms with Gasteiger partial charge in [-0.3, -0.25) is 4.79 Å². The van der Waals surface area contributed by atoms with Crippen LogP contribution in [0.15, 0.2) is 12.1 Å². The molecule has 3 atom stereocenters. The van der Waals surface area contributed by atoms with Crippen molar-refractivity contribution in [2.24, 2.45) is 5.92 Å². The molecule has 5 nitrogen and oxygen atoms in total. The first-order valence-electron chi connectivity index (χ1n) is 10.0. The van der Waals surface area contributed by atoms with Gasteiger partial charge in [0.25, 0.3) is 0 Å². The number of hydrogen-bond acceptors (Lipinski definition) is 4. The highest BCUT2D eigenvalue weighted by Crippen LogP contribution is 2.58. The molecule has 1 aliphatic carbocycles. The van der Waals surface area contributed by atoms with E-state index in [1.165, 1.54) is 12.0 Å². The maximum Gasteiger partial charge on any atom is 0.223 e. The number of carbonyl (C=O) groups is 1. The maximum absolute atomic E-state index is 13.0. The Hall–Kier alpha value is -1.75. The molecule has 2 fully saturated rings. The van der Waals surface area contributed by atoms with E-state index in [0.29, 0.717) is 18.9 Å². The number of methoxy groups -OCH3 is 2. The van der Waals surface area contributed by atoms with Crippen molar-refractivity contribution >= 4 is 5.91 Å². The fourth-order valence-corrected chi connectivity index (χ4v) is 5.49. The average molecular weight is 373 g/mol. The summed E-state index contributed by atoms with van der Waals surface area (Å²) in [5, 5.41) is 0. The fraction of sp³-hybridized carbons (Fsp3) is 0.682. The molecule has 3 aliphatic rings. The van der Waals surface area contributed by atoms with Crippen LogP contribution in [-0.4, -0.2) is 37.2 Å². The zero-order valence-electron chi connectivity index (χ0n) is 17.1. The van der Waals surface area contributed by atoms with Crippen LogP contribution in [0.3, 0.4) is 0 Å². The summed E-state index contributed by atoms with van der Waals surface area (Å²) in [6, 6.07) is 4.18. The van der Waals surface area contributed by atoms with Gasteiger partial charge < -0.3 is 19.1 Å². The minimum Gasteiger partial charge on any atom is -0.493 e. The summed E-state index contributed by atoms with van der Waals surface area (Å²) >= 11 is 0. The second-order valence-corrected chi connectivity index (χ2v) is 9.09. The number of fused-ring (bicyclic) bond motifs is 1. The average Bonchev–Trinajstić information content (AvgIpc) is 2.92. The van der Waals surface area contributed by atoms with Crippen LogP contribution in [0.5, 0.6) is 11.5 Å². The standard InChI is InChI=1S/C22H31NO4/c1-21(2,3)27-19-13-23-20(24)10-14-8-6-7-9-22(14,23)16-12-18(26-5)17(25-4)11-15(16)19/h11-12,14,19H,6-10,13H2,1-5H3/t14-,19+,22-/m0/s1. The van der Waals surface area contributed by atoms with Gasteiger partial charge >= 0.3 is 0 Å². The molecule has 0 aromatic heterocycles. The molecule has 1 aromatic carbocycles. The molecule has 27 heavy (non-hydrogen) atoms. The van der Waals surface area contributed by atoms with E-state index in [1.54, 1.807) is 14.2 Å². The van der Waals surface area contributed by atoms with Crippen molar-refractivity contribution in [2.45, 2.75) is 70.1 Å². The van der Waals surface area contributed by atoms with Crippen LogP contribution in [0.1, 0.15) is 70.1 Å². The second kappa shape index (κ2) is 6.40. The second-order valence-electron chi connectivity index (χ2n) is 9.09. The Balaban J connectivity index is 1.92. The SMILES string of the molecule is COc1cc2c(cc1OC)[C@]13CCCC[C@H]1CC(=O)N3C[C@H]2OC(C)(C)C. The molecule has 0 bridgehead atoms. The molecule has 2 heterocycles. The van der Waals surface area contributed by atoms with Crippen LogP contribution in [-0.2, 0) is 15.1 Å². The summed E-state index contributed by atoms with van der Waals surface area (Å²) < 4.78 is 17.6. The zero-order chi connectivity index (χ0) is 19.4. The molecule has 0 N–H and O–H groups in total.